The van der Waals surface area contributed by atoms with Crippen LogP contribution >= 0.6 is 0 Å². The molecule has 3 heteroatoms. The van der Waals surface area contributed by atoms with Gasteiger partial charge in [-0.1, -0.05) is 19.0 Å². The second kappa shape index (κ2) is 3.05. The Morgan fingerprint density at radius 2 is 2.09 bits per heavy atom. The van der Waals surface area contributed by atoms with Crippen LogP contribution in [0.15, 0.2) is 10.6 Å². The van der Waals surface area contributed by atoms with Gasteiger partial charge in [0.25, 0.3) is 0 Å². The van der Waals surface area contributed by atoms with Crippen molar-refractivity contribution in [2.45, 2.75) is 32.8 Å². The zero-order valence-corrected chi connectivity index (χ0v) is 7.03. The van der Waals surface area contributed by atoms with Gasteiger partial charge in [0.05, 0.1) is 6.10 Å². The van der Waals surface area contributed by atoms with Crippen molar-refractivity contribution in [3.8, 4) is 0 Å². The standard InChI is InChI=1S/C8H13NO2/c1-5(2)8-4-7(6(3)10)9-11-8/h4-6,10H,1-3H3. The van der Waals surface area contributed by atoms with Crippen LogP contribution in [0.1, 0.15) is 44.2 Å². The molecule has 1 N–H and O–H groups in total. The van der Waals surface area contributed by atoms with E-state index in [1.807, 2.05) is 13.8 Å². The fourth-order valence-corrected chi connectivity index (χ4v) is 0.773. The number of aromatic nitrogens is 1. The minimum Gasteiger partial charge on any atom is -0.387 e. The Hall–Kier alpha value is -0.830. The fourth-order valence-electron chi connectivity index (χ4n) is 0.773. The second-order valence-electron chi connectivity index (χ2n) is 2.98. The van der Waals surface area contributed by atoms with E-state index in [0.29, 0.717) is 11.6 Å². The quantitative estimate of drug-likeness (QED) is 0.709. The second-order valence-corrected chi connectivity index (χ2v) is 2.98. The molecule has 3 nitrogen and oxygen atoms in total. The number of nitrogens with zero attached hydrogens (tertiary/aromatic N) is 1. The summed E-state index contributed by atoms with van der Waals surface area (Å²) in [5.41, 5.74) is 0.605. The third kappa shape index (κ3) is 1.80. The van der Waals surface area contributed by atoms with Crippen LogP contribution in [0.25, 0.3) is 0 Å². The van der Waals surface area contributed by atoms with Crippen LogP contribution in [0.3, 0.4) is 0 Å². The lowest BCUT2D eigenvalue weighted by molar-refractivity contribution is 0.187. The van der Waals surface area contributed by atoms with Crippen LogP contribution in [0.4, 0.5) is 0 Å². The first-order valence-corrected chi connectivity index (χ1v) is 3.76. The van der Waals surface area contributed by atoms with Crippen molar-refractivity contribution < 1.29 is 9.63 Å². The van der Waals surface area contributed by atoms with Gasteiger partial charge in [0.15, 0.2) is 0 Å². The van der Waals surface area contributed by atoms with Gasteiger partial charge < -0.3 is 9.63 Å². The summed E-state index contributed by atoms with van der Waals surface area (Å²) in [6.45, 7) is 5.71. The Balaban J connectivity index is 2.82. The maximum Gasteiger partial charge on any atom is 0.139 e. The van der Waals surface area contributed by atoms with Gasteiger partial charge in [-0.15, -0.1) is 0 Å². The molecule has 0 aliphatic rings. The van der Waals surface area contributed by atoms with Crippen LogP contribution in [0.2, 0.25) is 0 Å². The van der Waals surface area contributed by atoms with Gasteiger partial charge in [-0.3, -0.25) is 0 Å². The van der Waals surface area contributed by atoms with E-state index in [1.54, 1.807) is 13.0 Å². The monoisotopic (exact) mass is 155 g/mol. The Morgan fingerprint density at radius 3 is 2.36 bits per heavy atom. The van der Waals surface area contributed by atoms with Crippen LogP contribution in [0, 0.1) is 0 Å². The maximum absolute atomic E-state index is 9.10. The Kier molecular flexibility index (Phi) is 2.29. The van der Waals surface area contributed by atoms with E-state index in [4.69, 9.17) is 9.63 Å². The molecule has 1 aromatic rings. The zero-order valence-electron chi connectivity index (χ0n) is 7.03. The molecule has 0 aliphatic heterocycles. The molecule has 0 radical (unpaired) electrons. The largest absolute Gasteiger partial charge is 0.387 e. The van der Waals surface area contributed by atoms with Crippen molar-refractivity contribution >= 4 is 0 Å². The molecule has 1 atom stereocenters. The minimum atomic E-state index is -0.536. The molecule has 1 rings (SSSR count). The zero-order chi connectivity index (χ0) is 8.43. The van der Waals surface area contributed by atoms with Crippen molar-refractivity contribution in [2.75, 3.05) is 0 Å². The fraction of sp³-hybridized carbons (Fsp3) is 0.625. The third-order valence-corrected chi connectivity index (χ3v) is 1.54. The molecule has 1 unspecified atom stereocenters. The van der Waals surface area contributed by atoms with E-state index in [1.165, 1.54) is 0 Å². The summed E-state index contributed by atoms with van der Waals surface area (Å²) in [6.07, 6.45) is -0.536. The molecule has 0 spiro atoms. The van der Waals surface area contributed by atoms with E-state index >= 15 is 0 Å². The SMILES string of the molecule is CC(C)c1cc(C(C)O)no1. The lowest BCUT2D eigenvalue weighted by Crippen LogP contribution is -1.89. The number of aliphatic hydroxyl groups excluding tert-OH is 1. The topological polar surface area (TPSA) is 46.3 Å². The highest BCUT2D eigenvalue weighted by atomic mass is 16.5. The van der Waals surface area contributed by atoms with Gasteiger partial charge in [-0.25, -0.2) is 0 Å². The van der Waals surface area contributed by atoms with Gasteiger partial charge in [-0.05, 0) is 6.92 Å². The molecule has 0 saturated heterocycles. The molecule has 0 amide bonds. The number of hydrogen-bond acceptors (Lipinski definition) is 3. The van der Waals surface area contributed by atoms with Crippen LogP contribution in [-0.4, -0.2) is 10.3 Å². The molecule has 11 heavy (non-hydrogen) atoms. The summed E-state index contributed by atoms with van der Waals surface area (Å²) in [5.74, 6) is 1.15. The summed E-state index contributed by atoms with van der Waals surface area (Å²) >= 11 is 0. The first-order chi connectivity index (χ1) is 5.11. The van der Waals surface area contributed by atoms with Crippen LogP contribution in [0.5, 0.6) is 0 Å². The lowest BCUT2D eigenvalue weighted by atomic mass is 10.1. The highest BCUT2D eigenvalue weighted by Gasteiger charge is 2.10. The highest BCUT2D eigenvalue weighted by Crippen LogP contribution is 2.18. The molecule has 1 aromatic heterocycles. The first kappa shape index (κ1) is 8.27. The van der Waals surface area contributed by atoms with E-state index in [-0.39, 0.29) is 0 Å². The van der Waals surface area contributed by atoms with Crippen LogP contribution < -0.4 is 0 Å². The maximum atomic E-state index is 9.10. The summed E-state index contributed by atoms with van der Waals surface area (Å²) < 4.78 is 4.98. The van der Waals surface area contributed by atoms with Crippen molar-refractivity contribution in [1.29, 1.82) is 0 Å². The number of rotatable bonds is 2. The van der Waals surface area contributed by atoms with Gasteiger partial charge in [0.1, 0.15) is 11.5 Å². The molecule has 0 saturated carbocycles. The van der Waals surface area contributed by atoms with Crippen molar-refractivity contribution in [3.63, 3.8) is 0 Å². The Labute approximate surface area is 66.0 Å². The Bertz CT molecular complexity index is 205. The molecular formula is C8H13NO2. The van der Waals surface area contributed by atoms with Gasteiger partial charge in [0, 0.05) is 12.0 Å². The molecule has 0 aromatic carbocycles. The molecule has 0 aliphatic carbocycles. The predicted molar refractivity (Wildman–Crippen MR) is 41.2 cm³/mol. The van der Waals surface area contributed by atoms with E-state index in [2.05, 4.69) is 5.16 Å². The average molecular weight is 155 g/mol. The van der Waals surface area contributed by atoms with Crippen molar-refractivity contribution in [1.82, 2.24) is 5.16 Å². The third-order valence-electron chi connectivity index (χ3n) is 1.54. The smallest absolute Gasteiger partial charge is 0.139 e. The summed E-state index contributed by atoms with van der Waals surface area (Å²) in [7, 11) is 0. The first-order valence-electron chi connectivity index (χ1n) is 3.76. The summed E-state index contributed by atoms with van der Waals surface area (Å²) in [5, 5.41) is 12.8. The van der Waals surface area contributed by atoms with Gasteiger partial charge in [-0.2, -0.15) is 0 Å². The number of aliphatic hydroxyl groups is 1. The molecule has 0 bridgehead atoms. The molecular weight excluding hydrogens is 142 g/mol. The van der Waals surface area contributed by atoms with Crippen LogP contribution in [-0.2, 0) is 0 Å². The highest BCUT2D eigenvalue weighted by molar-refractivity contribution is 5.09. The minimum absolute atomic E-state index is 0.329. The predicted octanol–water partition coefficient (Wildman–Crippen LogP) is 1.85. The number of hydrogen-bond donors (Lipinski definition) is 1. The lowest BCUT2D eigenvalue weighted by Gasteiger charge is -1.94. The van der Waals surface area contributed by atoms with E-state index < -0.39 is 6.10 Å². The van der Waals surface area contributed by atoms with Crippen molar-refractivity contribution in [2.24, 2.45) is 0 Å². The normalized spacial score (nSPS) is 13.9. The van der Waals surface area contributed by atoms with Gasteiger partial charge in [0.2, 0.25) is 0 Å². The Morgan fingerprint density at radius 1 is 1.45 bits per heavy atom. The van der Waals surface area contributed by atoms with Crippen molar-refractivity contribution in [3.05, 3.63) is 17.5 Å². The van der Waals surface area contributed by atoms with E-state index in [0.717, 1.165) is 5.76 Å². The molecule has 62 valence electrons. The molecule has 0 fully saturated rings. The van der Waals surface area contributed by atoms with E-state index in [9.17, 15) is 0 Å². The average Bonchev–Trinajstić information content (AvgIpc) is 2.33. The summed E-state index contributed by atoms with van der Waals surface area (Å²) in [6, 6.07) is 1.79. The van der Waals surface area contributed by atoms with Gasteiger partial charge >= 0.3 is 0 Å². The summed E-state index contributed by atoms with van der Waals surface area (Å²) in [4.78, 5) is 0. The molecule has 1 heterocycles.